The predicted octanol–water partition coefficient (Wildman–Crippen LogP) is 1.43. The maximum Gasteiger partial charge on any atom is 0.317 e. The van der Waals surface area contributed by atoms with Crippen LogP contribution in [0.2, 0.25) is 0 Å². The molecule has 1 amide bonds. The van der Waals surface area contributed by atoms with E-state index in [0.717, 1.165) is 25.9 Å². The highest BCUT2D eigenvalue weighted by Gasteiger charge is 2.28. The van der Waals surface area contributed by atoms with E-state index in [2.05, 4.69) is 0 Å². The molecule has 1 rings (SSSR count). The zero-order chi connectivity index (χ0) is 14.4. The van der Waals surface area contributed by atoms with Crippen molar-refractivity contribution in [2.45, 2.75) is 46.1 Å². The molecule has 1 aliphatic heterocycles. The summed E-state index contributed by atoms with van der Waals surface area (Å²) < 4.78 is 0. The third kappa shape index (κ3) is 5.19. The van der Waals surface area contributed by atoms with Gasteiger partial charge >= 0.3 is 5.97 Å². The molecule has 0 aromatic heterocycles. The van der Waals surface area contributed by atoms with Gasteiger partial charge in [-0.2, -0.15) is 0 Å². The molecule has 19 heavy (non-hydrogen) atoms. The Balaban J connectivity index is 2.64. The first-order valence-electron chi connectivity index (χ1n) is 7.16. The minimum atomic E-state index is -0.876. The monoisotopic (exact) mass is 270 g/mol. The fraction of sp³-hybridized carbons (Fsp3) is 0.857. The van der Waals surface area contributed by atoms with Gasteiger partial charge in [0.05, 0.1) is 12.6 Å². The Bertz CT molecular complexity index is 312. The Hall–Kier alpha value is -1.10. The van der Waals surface area contributed by atoms with Gasteiger partial charge < -0.3 is 10.0 Å². The lowest BCUT2D eigenvalue weighted by Gasteiger charge is -2.34. The lowest BCUT2D eigenvalue weighted by Crippen LogP contribution is -2.50. The predicted molar refractivity (Wildman–Crippen MR) is 73.9 cm³/mol. The smallest absolute Gasteiger partial charge is 0.317 e. The fourth-order valence-corrected chi connectivity index (χ4v) is 2.54. The van der Waals surface area contributed by atoms with Crippen LogP contribution in [0.1, 0.15) is 40.0 Å². The number of rotatable bonds is 6. The van der Waals surface area contributed by atoms with E-state index in [9.17, 15) is 9.59 Å². The molecule has 1 unspecified atom stereocenters. The first kappa shape index (κ1) is 16.0. The lowest BCUT2D eigenvalue weighted by atomic mass is 10.1. The Morgan fingerprint density at radius 2 is 1.74 bits per heavy atom. The summed E-state index contributed by atoms with van der Waals surface area (Å²) in [6.45, 7) is 8.08. The second-order valence-corrected chi connectivity index (χ2v) is 5.78. The summed E-state index contributed by atoms with van der Waals surface area (Å²) in [7, 11) is 0. The average molecular weight is 270 g/mol. The molecular formula is C14H26N2O3. The van der Waals surface area contributed by atoms with Crippen molar-refractivity contribution in [2.75, 3.05) is 26.2 Å². The van der Waals surface area contributed by atoms with E-state index in [1.165, 1.54) is 6.42 Å². The number of likely N-dealkylation sites (tertiary alicyclic amines) is 1. The number of aliphatic carboxylic acids is 1. The molecule has 1 atom stereocenters. The molecule has 0 aromatic rings. The molecule has 0 aliphatic carbocycles. The number of piperidine rings is 1. The third-order valence-corrected chi connectivity index (χ3v) is 3.51. The van der Waals surface area contributed by atoms with E-state index >= 15 is 0 Å². The number of carbonyl (C=O) groups is 2. The van der Waals surface area contributed by atoms with Crippen molar-refractivity contribution >= 4 is 11.9 Å². The molecule has 0 bridgehead atoms. The molecule has 1 aliphatic rings. The van der Waals surface area contributed by atoms with Gasteiger partial charge in [-0.05, 0) is 32.1 Å². The number of carbonyl (C=O) groups excluding carboxylic acids is 1. The molecule has 1 N–H and O–H groups in total. The standard InChI is InChI=1S/C14H26N2O3/c1-11(2)9-16(10-13(17)18)12(3)14(19)15-7-5-4-6-8-15/h11-12H,4-10H2,1-3H3,(H,17,18). The summed E-state index contributed by atoms with van der Waals surface area (Å²) in [6, 6.07) is -0.350. The quantitative estimate of drug-likeness (QED) is 0.793. The molecule has 1 saturated heterocycles. The van der Waals surface area contributed by atoms with E-state index in [1.807, 2.05) is 25.7 Å². The van der Waals surface area contributed by atoms with Crippen molar-refractivity contribution < 1.29 is 14.7 Å². The van der Waals surface area contributed by atoms with E-state index in [0.29, 0.717) is 12.5 Å². The van der Waals surface area contributed by atoms with E-state index < -0.39 is 5.97 Å². The van der Waals surface area contributed by atoms with Gasteiger partial charge in [-0.3, -0.25) is 14.5 Å². The average Bonchev–Trinajstić information content (AvgIpc) is 2.36. The highest BCUT2D eigenvalue weighted by Crippen LogP contribution is 2.13. The highest BCUT2D eigenvalue weighted by molar-refractivity contribution is 5.82. The van der Waals surface area contributed by atoms with Gasteiger partial charge in [0.1, 0.15) is 0 Å². The number of amides is 1. The number of carboxylic acids is 1. The Morgan fingerprint density at radius 1 is 1.16 bits per heavy atom. The zero-order valence-electron chi connectivity index (χ0n) is 12.3. The lowest BCUT2D eigenvalue weighted by molar-refractivity contribution is -0.142. The van der Waals surface area contributed by atoms with Gasteiger partial charge in [-0.25, -0.2) is 0 Å². The van der Waals surface area contributed by atoms with Gasteiger partial charge in [0.2, 0.25) is 5.91 Å². The van der Waals surface area contributed by atoms with Gasteiger partial charge in [-0.15, -0.1) is 0 Å². The van der Waals surface area contributed by atoms with E-state index in [-0.39, 0.29) is 18.5 Å². The second kappa shape index (κ2) is 7.48. The Labute approximate surface area is 115 Å². The summed E-state index contributed by atoms with van der Waals surface area (Å²) in [5, 5.41) is 8.97. The summed E-state index contributed by atoms with van der Waals surface area (Å²) in [6.07, 6.45) is 3.30. The van der Waals surface area contributed by atoms with Crippen LogP contribution in [-0.4, -0.2) is 59.0 Å². The van der Waals surface area contributed by atoms with Gasteiger partial charge in [0, 0.05) is 19.6 Å². The topological polar surface area (TPSA) is 60.9 Å². The van der Waals surface area contributed by atoms with Crippen LogP contribution in [0.3, 0.4) is 0 Å². The van der Waals surface area contributed by atoms with Crippen LogP contribution in [0.5, 0.6) is 0 Å². The van der Waals surface area contributed by atoms with Crippen LogP contribution in [0.15, 0.2) is 0 Å². The molecule has 1 heterocycles. The highest BCUT2D eigenvalue weighted by atomic mass is 16.4. The summed E-state index contributed by atoms with van der Waals surface area (Å²) in [5.74, 6) is -0.462. The molecule has 5 heteroatoms. The molecule has 5 nitrogen and oxygen atoms in total. The summed E-state index contributed by atoms with van der Waals surface area (Å²) in [5.41, 5.74) is 0. The zero-order valence-corrected chi connectivity index (χ0v) is 12.3. The SMILES string of the molecule is CC(C)CN(CC(=O)O)C(C)C(=O)N1CCCCC1. The van der Waals surface area contributed by atoms with Crippen molar-refractivity contribution in [3.05, 3.63) is 0 Å². The largest absolute Gasteiger partial charge is 0.480 e. The molecule has 0 radical (unpaired) electrons. The minimum absolute atomic E-state index is 0.0705. The number of carboxylic acid groups (broad SMARTS) is 1. The third-order valence-electron chi connectivity index (χ3n) is 3.51. The second-order valence-electron chi connectivity index (χ2n) is 5.78. The van der Waals surface area contributed by atoms with Gasteiger partial charge in [-0.1, -0.05) is 13.8 Å². The normalized spacial score (nSPS) is 17.8. The van der Waals surface area contributed by atoms with E-state index in [4.69, 9.17) is 5.11 Å². The van der Waals surface area contributed by atoms with Crippen LogP contribution < -0.4 is 0 Å². The molecule has 1 fully saturated rings. The van der Waals surface area contributed by atoms with Crippen LogP contribution >= 0.6 is 0 Å². The molecule has 0 saturated carbocycles. The maximum absolute atomic E-state index is 12.4. The van der Waals surface area contributed by atoms with Gasteiger partial charge in [0.25, 0.3) is 0 Å². The maximum atomic E-state index is 12.4. The van der Waals surface area contributed by atoms with Crippen molar-refractivity contribution in [1.82, 2.24) is 9.80 Å². The molecular weight excluding hydrogens is 244 g/mol. The summed E-state index contributed by atoms with van der Waals surface area (Å²) in [4.78, 5) is 27.0. The van der Waals surface area contributed by atoms with Crippen LogP contribution in [0, 0.1) is 5.92 Å². The first-order valence-corrected chi connectivity index (χ1v) is 7.16. The molecule has 0 spiro atoms. The van der Waals surface area contributed by atoms with Crippen molar-refractivity contribution in [1.29, 1.82) is 0 Å². The Morgan fingerprint density at radius 3 is 2.21 bits per heavy atom. The number of hydrogen-bond donors (Lipinski definition) is 1. The minimum Gasteiger partial charge on any atom is -0.480 e. The van der Waals surface area contributed by atoms with E-state index in [1.54, 1.807) is 4.90 Å². The molecule has 0 aromatic carbocycles. The van der Waals surface area contributed by atoms with Gasteiger partial charge in [0.15, 0.2) is 0 Å². The first-order chi connectivity index (χ1) is 8.91. The number of hydrogen-bond acceptors (Lipinski definition) is 3. The molecule has 110 valence electrons. The fourth-order valence-electron chi connectivity index (χ4n) is 2.54. The summed E-state index contributed by atoms with van der Waals surface area (Å²) >= 11 is 0. The van der Waals surface area contributed by atoms with Crippen LogP contribution in [-0.2, 0) is 9.59 Å². The Kier molecular flexibility index (Phi) is 6.28. The van der Waals surface area contributed by atoms with Crippen LogP contribution in [0.4, 0.5) is 0 Å². The number of nitrogens with zero attached hydrogens (tertiary/aromatic N) is 2. The van der Waals surface area contributed by atoms with Crippen molar-refractivity contribution in [2.24, 2.45) is 5.92 Å². The van der Waals surface area contributed by atoms with Crippen molar-refractivity contribution in [3.63, 3.8) is 0 Å². The van der Waals surface area contributed by atoms with Crippen LogP contribution in [0.25, 0.3) is 0 Å². The van der Waals surface area contributed by atoms with Crippen molar-refractivity contribution in [3.8, 4) is 0 Å².